The maximum atomic E-state index is 9.69. The highest BCUT2D eigenvalue weighted by atomic mass is 28.4. The molecule has 0 amide bonds. The molecule has 0 heterocycles. The van der Waals surface area contributed by atoms with Gasteiger partial charge in [0.05, 0.1) is 19.8 Å². The standard InChI is InChI=1S/C25H45NO3Si2/c1-24(2,3)30(7,8)28-15-11-13-21-17-20(19-27)18-22(23(21)26)14-12-16-29-31(9,10)25(4,5)6/h11-14,17-18,27H,15-16,19,26H2,1-10H3/b13-11+,14-12+. The second-order valence-corrected chi connectivity index (χ2v) is 20.9. The fourth-order valence-corrected chi connectivity index (χ4v) is 4.32. The molecule has 0 saturated heterocycles. The molecule has 1 aromatic carbocycles. The summed E-state index contributed by atoms with van der Waals surface area (Å²) in [4.78, 5) is 0. The van der Waals surface area contributed by atoms with Gasteiger partial charge in [0.15, 0.2) is 16.6 Å². The van der Waals surface area contributed by atoms with Gasteiger partial charge in [-0.3, -0.25) is 0 Å². The lowest BCUT2D eigenvalue weighted by Crippen LogP contribution is -2.40. The third-order valence-corrected chi connectivity index (χ3v) is 15.8. The molecule has 0 saturated carbocycles. The predicted octanol–water partition coefficient (Wildman–Crippen LogP) is 6.83. The summed E-state index contributed by atoms with van der Waals surface area (Å²) in [6.07, 6.45) is 8.01. The molecule has 1 aromatic rings. The molecule has 0 unspecified atom stereocenters. The lowest BCUT2D eigenvalue weighted by molar-refractivity contribution is 0.282. The van der Waals surface area contributed by atoms with E-state index < -0.39 is 16.6 Å². The number of anilines is 1. The van der Waals surface area contributed by atoms with Gasteiger partial charge in [-0.15, -0.1) is 0 Å². The van der Waals surface area contributed by atoms with E-state index >= 15 is 0 Å². The van der Waals surface area contributed by atoms with E-state index in [9.17, 15) is 5.11 Å². The fourth-order valence-electron chi connectivity index (χ4n) is 2.43. The van der Waals surface area contributed by atoms with Crippen LogP contribution in [0.4, 0.5) is 5.69 Å². The molecule has 0 aliphatic heterocycles. The number of aliphatic hydroxyl groups is 1. The maximum Gasteiger partial charge on any atom is 0.192 e. The van der Waals surface area contributed by atoms with Gasteiger partial charge in [0.1, 0.15) is 0 Å². The van der Waals surface area contributed by atoms with Crippen molar-refractivity contribution < 1.29 is 14.0 Å². The molecular formula is C25H45NO3Si2. The second kappa shape index (κ2) is 10.6. The first-order valence-electron chi connectivity index (χ1n) is 11.2. The minimum atomic E-state index is -1.78. The van der Waals surface area contributed by atoms with Crippen molar-refractivity contribution in [1.82, 2.24) is 0 Å². The number of nitrogen functional groups attached to an aromatic ring is 1. The van der Waals surface area contributed by atoms with Gasteiger partial charge in [-0.2, -0.15) is 0 Å². The summed E-state index contributed by atoms with van der Waals surface area (Å²) in [7, 11) is -3.56. The number of hydrogen-bond donors (Lipinski definition) is 2. The summed E-state index contributed by atoms with van der Waals surface area (Å²) in [5, 5.41) is 10.0. The Morgan fingerprint density at radius 1 is 0.806 bits per heavy atom. The molecular weight excluding hydrogens is 418 g/mol. The van der Waals surface area contributed by atoms with Crippen LogP contribution in [0.15, 0.2) is 24.3 Å². The van der Waals surface area contributed by atoms with Crippen molar-refractivity contribution in [2.24, 2.45) is 0 Å². The van der Waals surface area contributed by atoms with E-state index in [-0.39, 0.29) is 16.7 Å². The molecule has 0 aromatic heterocycles. The van der Waals surface area contributed by atoms with Crippen LogP contribution in [-0.2, 0) is 15.5 Å². The van der Waals surface area contributed by atoms with Crippen LogP contribution in [0.1, 0.15) is 58.2 Å². The van der Waals surface area contributed by atoms with Crippen LogP contribution in [0.2, 0.25) is 36.3 Å². The van der Waals surface area contributed by atoms with E-state index in [1.807, 2.05) is 36.4 Å². The molecule has 0 aliphatic carbocycles. The van der Waals surface area contributed by atoms with Crippen molar-refractivity contribution in [1.29, 1.82) is 0 Å². The van der Waals surface area contributed by atoms with E-state index in [0.29, 0.717) is 18.9 Å². The van der Waals surface area contributed by atoms with Gasteiger partial charge in [0.2, 0.25) is 0 Å². The maximum absolute atomic E-state index is 9.69. The molecule has 176 valence electrons. The Morgan fingerprint density at radius 3 is 1.45 bits per heavy atom. The van der Waals surface area contributed by atoms with Crippen LogP contribution in [0.5, 0.6) is 0 Å². The first-order valence-corrected chi connectivity index (χ1v) is 17.0. The minimum Gasteiger partial charge on any atom is -0.413 e. The summed E-state index contributed by atoms with van der Waals surface area (Å²) >= 11 is 0. The Bertz CT molecular complexity index is 724. The van der Waals surface area contributed by atoms with Gasteiger partial charge < -0.3 is 19.7 Å². The van der Waals surface area contributed by atoms with Crippen LogP contribution < -0.4 is 5.73 Å². The van der Waals surface area contributed by atoms with Crippen molar-refractivity contribution in [3.05, 3.63) is 41.0 Å². The Kier molecular flexibility index (Phi) is 9.54. The van der Waals surface area contributed by atoms with Crippen LogP contribution >= 0.6 is 0 Å². The highest BCUT2D eigenvalue weighted by molar-refractivity contribution is 6.74. The minimum absolute atomic E-state index is 0.0249. The Hall–Kier alpha value is -1.19. The van der Waals surface area contributed by atoms with Crippen LogP contribution in [0.3, 0.4) is 0 Å². The molecule has 0 fully saturated rings. The zero-order valence-electron chi connectivity index (χ0n) is 21.4. The molecule has 0 radical (unpaired) electrons. The zero-order chi connectivity index (χ0) is 24.1. The lowest BCUT2D eigenvalue weighted by atomic mass is 10.0. The third kappa shape index (κ3) is 8.02. The molecule has 6 heteroatoms. The number of nitrogens with two attached hydrogens (primary N) is 1. The molecule has 0 spiro atoms. The van der Waals surface area contributed by atoms with Gasteiger partial charge in [-0.1, -0.05) is 65.8 Å². The Balaban J connectivity index is 2.93. The Morgan fingerprint density at radius 2 is 1.16 bits per heavy atom. The van der Waals surface area contributed by atoms with E-state index in [0.717, 1.165) is 16.7 Å². The predicted molar refractivity (Wildman–Crippen MR) is 141 cm³/mol. The summed E-state index contributed by atoms with van der Waals surface area (Å²) in [5.74, 6) is 0. The highest BCUT2D eigenvalue weighted by Crippen LogP contribution is 2.37. The topological polar surface area (TPSA) is 64.7 Å². The van der Waals surface area contributed by atoms with Gasteiger partial charge in [-0.25, -0.2) is 0 Å². The lowest BCUT2D eigenvalue weighted by Gasteiger charge is -2.35. The normalized spacial score (nSPS) is 14.2. The molecule has 1 rings (SSSR count). The summed E-state index contributed by atoms with van der Waals surface area (Å²) in [6, 6.07) is 3.86. The van der Waals surface area contributed by atoms with Crippen LogP contribution in [-0.4, -0.2) is 35.0 Å². The molecule has 0 atom stereocenters. The molecule has 3 N–H and O–H groups in total. The average Bonchev–Trinajstić information content (AvgIpc) is 2.62. The van der Waals surface area contributed by atoms with Crippen molar-refractivity contribution >= 4 is 34.5 Å². The molecule has 4 nitrogen and oxygen atoms in total. The van der Waals surface area contributed by atoms with E-state index in [1.54, 1.807) is 0 Å². The third-order valence-electron chi connectivity index (χ3n) is 6.77. The Labute approximate surface area is 192 Å². The molecule has 0 bridgehead atoms. The van der Waals surface area contributed by atoms with Gasteiger partial charge in [0.25, 0.3) is 0 Å². The SMILES string of the molecule is CC(C)(C)[Si](C)(C)OC/C=C/c1cc(CO)cc(/C=C/CO[Si](C)(C)C(C)(C)C)c1N. The van der Waals surface area contributed by atoms with Gasteiger partial charge >= 0.3 is 0 Å². The first kappa shape index (κ1) is 27.8. The average molecular weight is 464 g/mol. The quantitative estimate of drug-likeness (QED) is 0.311. The summed E-state index contributed by atoms with van der Waals surface area (Å²) in [6.45, 7) is 23.5. The molecule has 0 aliphatic rings. The van der Waals surface area contributed by atoms with Crippen molar-refractivity contribution in [2.75, 3.05) is 18.9 Å². The zero-order valence-corrected chi connectivity index (χ0v) is 23.4. The van der Waals surface area contributed by atoms with E-state index in [2.05, 4.69) is 67.7 Å². The van der Waals surface area contributed by atoms with Gasteiger partial charge in [-0.05, 0) is 65.1 Å². The second-order valence-electron chi connectivity index (χ2n) is 11.3. The van der Waals surface area contributed by atoms with E-state index in [1.165, 1.54) is 0 Å². The van der Waals surface area contributed by atoms with Gasteiger partial charge in [0, 0.05) is 5.69 Å². The smallest absolute Gasteiger partial charge is 0.192 e. The number of benzene rings is 1. The number of hydrogen-bond acceptors (Lipinski definition) is 4. The van der Waals surface area contributed by atoms with Crippen LogP contribution in [0.25, 0.3) is 12.2 Å². The number of aliphatic hydroxyl groups excluding tert-OH is 1. The van der Waals surface area contributed by atoms with Crippen molar-refractivity contribution in [2.45, 2.75) is 84.4 Å². The monoisotopic (exact) mass is 463 g/mol. The van der Waals surface area contributed by atoms with Crippen molar-refractivity contribution in [3.8, 4) is 0 Å². The molecule has 31 heavy (non-hydrogen) atoms. The summed E-state index contributed by atoms with van der Waals surface area (Å²) in [5.41, 5.74) is 9.77. The van der Waals surface area contributed by atoms with E-state index in [4.69, 9.17) is 14.6 Å². The number of rotatable bonds is 9. The van der Waals surface area contributed by atoms with Crippen LogP contribution in [0, 0.1) is 0 Å². The largest absolute Gasteiger partial charge is 0.413 e. The highest BCUT2D eigenvalue weighted by Gasteiger charge is 2.37. The fraction of sp³-hybridized carbons (Fsp3) is 0.600. The first-order chi connectivity index (χ1) is 14.0. The van der Waals surface area contributed by atoms with Crippen molar-refractivity contribution in [3.63, 3.8) is 0 Å². The summed E-state index contributed by atoms with van der Waals surface area (Å²) < 4.78 is 12.4.